The predicted molar refractivity (Wildman–Crippen MR) is 128 cm³/mol. The van der Waals surface area contributed by atoms with Crippen molar-refractivity contribution in [3.05, 3.63) is 50.8 Å². The van der Waals surface area contributed by atoms with Crippen molar-refractivity contribution in [1.82, 2.24) is 24.3 Å². The Kier molecular flexibility index (Phi) is 6.10. The zero-order valence-electron chi connectivity index (χ0n) is 19.8. The summed E-state index contributed by atoms with van der Waals surface area (Å²) in [6.45, 7) is 2.72. The smallest absolute Gasteiger partial charge is 0.331 e. The number of rotatable bonds is 8. The van der Waals surface area contributed by atoms with E-state index in [1.54, 1.807) is 9.58 Å². The third kappa shape index (κ3) is 4.55. The normalized spacial score (nSPS) is 23.7. The molecule has 2 unspecified atom stereocenters. The number of nitrogens with zero attached hydrogens (tertiary/aromatic N) is 3. The van der Waals surface area contributed by atoms with Crippen molar-refractivity contribution in [2.75, 3.05) is 26.9 Å². The zero-order valence-corrected chi connectivity index (χ0v) is 20.6. The van der Waals surface area contributed by atoms with Crippen LogP contribution in [0.1, 0.15) is 26.2 Å². The van der Waals surface area contributed by atoms with Crippen LogP contribution in [0.2, 0.25) is 0 Å². The molecule has 1 aromatic carbocycles. The van der Waals surface area contributed by atoms with Crippen molar-refractivity contribution in [2.24, 2.45) is 5.92 Å². The maximum absolute atomic E-state index is 13.5. The number of halogens is 1. The molecule has 2 aliphatic heterocycles. The van der Waals surface area contributed by atoms with E-state index >= 15 is 0 Å². The molecular weight excluding hydrogens is 477 g/mol. The Labute approximate surface area is 202 Å². The summed E-state index contributed by atoms with van der Waals surface area (Å²) in [6.07, 6.45) is 3.50. The molecule has 0 amide bonds. The van der Waals surface area contributed by atoms with Gasteiger partial charge in [-0.05, 0) is 50.0 Å². The van der Waals surface area contributed by atoms with Crippen LogP contribution in [0.4, 0.5) is 4.39 Å². The number of aromatic nitrogens is 2. The second kappa shape index (κ2) is 8.84. The number of hydrogen-bond acceptors (Lipinski definition) is 7. The molecule has 1 saturated carbocycles. The van der Waals surface area contributed by atoms with E-state index in [4.69, 9.17) is 4.74 Å². The molecule has 190 valence electrons. The van der Waals surface area contributed by atoms with Gasteiger partial charge in [0.25, 0.3) is 5.56 Å². The highest BCUT2D eigenvalue weighted by atomic mass is 32.2. The van der Waals surface area contributed by atoms with E-state index < -0.39 is 33.5 Å². The summed E-state index contributed by atoms with van der Waals surface area (Å²) in [7, 11) is -2.21. The van der Waals surface area contributed by atoms with Crippen molar-refractivity contribution in [2.45, 2.75) is 55.8 Å². The first-order valence-electron chi connectivity index (χ1n) is 11.8. The first-order chi connectivity index (χ1) is 16.6. The lowest BCUT2D eigenvalue weighted by atomic mass is 10.1. The Balaban J connectivity index is 1.63. The first kappa shape index (κ1) is 24.2. The molecule has 0 spiro atoms. The van der Waals surface area contributed by atoms with Crippen LogP contribution in [-0.2, 0) is 27.8 Å². The predicted octanol–water partition coefficient (Wildman–Crippen LogP) is 0.703. The van der Waals surface area contributed by atoms with Crippen LogP contribution in [0, 0.1) is 5.92 Å². The second-order valence-corrected chi connectivity index (χ2v) is 11.6. The maximum atomic E-state index is 13.5. The monoisotopic (exact) mass is 507 g/mol. The SMILES string of the molecule is CC1NN(C)C=C1Cn1c(=O)c2cc(S(=O)(=O)NC3(CF)CC3)ccc2n(CC2CCOC2)c1=O. The summed E-state index contributed by atoms with van der Waals surface area (Å²) in [5.74, 6) is 0.114. The van der Waals surface area contributed by atoms with Gasteiger partial charge < -0.3 is 9.75 Å². The number of hydrazine groups is 1. The van der Waals surface area contributed by atoms with Gasteiger partial charge in [-0.2, -0.15) is 0 Å². The van der Waals surface area contributed by atoms with Crippen molar-refractivity contribution >= 4 is 20.9 Å². The Morgan fingerprint density at radius 2 is 2.03 bits per heavy atom. The van der Waals surface area contributed by atoms with E-state index in [-0.39, 0.29) is 28.8 Å². The van der Waals surface area contributed by atoms with E-state index in [0.717, 1.165) is 16.6 Å². The molecule has 1 saturated heterocycles. The van der Waals surface area contributed by atoms with Crippen molar-refractivity contribution < 1.29 is 17.5 Å². The molecular formula is C23H30FN5O5S. The van der Waals surface area contributed by atoms with Crippen LogP contribution in [-0.4, -0.2) is 61.1 Å². The van der Waals surface area contributed by atoms with Gasteiger partial charge in [0.1, 0.15) is 6.67 Å². The molecule has 2 aromatic rings. The Hall–Kier alpha value is -2.54. The molecule has 35 heavy (non-hydrogen) atoms. The summed E-state index contributed by atoms with van der Waals surface area (Å²) in [5, 5.41) is 1.90. The highest BCUT2D eigenvalue weighted by Gasteiger charge is 2.46. The highest BCUT2D eigenvalue weighted by molar-refractivity contribution is 7.89. The van der Waals surface area contributed by atoms with E-state index in [2.05, 4.69) is 10.1 Å². The van der Waals surface area contributed by atoms with Gasteiger partial charge in [-0.3, -0.25) is 13.9 Å². The molecule has 2 N–H and O–H groups in total. The number of nitrogens with one attached hydrogen (secondary N) is 2. The number of fused-ring (bicyclic) bond motifs is 1. The molecule has 2 atom stereocenters. The lowest BCUT2D eigenvalue weighted by molar-refractivity contribution is 0.182. The van der Waals surface area contributed by atoms with Crippen molar-refractivity contribution in [3.8, 4) is 0 Å². The number of sulfonamides is 1. The van der Waals surface area contributed by atoms with E-state index in [0.29, 0.717) is 38.1 Å². The fourth-order valence-corrected chi connectivity index (χ4v) is 6.24. The van der Waals surface area contributed by atoms with Gasteiger partial charge in [0.15, 0.2) is 0 Å². The summed E-state index contributed by atoms with van der Waals surface area (Å²) >= 11 is 0. The van der Waals surface area contributed by atoms with Gasteiger partial charge in [-0.1, -0.05) is 0 Å². The van der Waals surface area contributed by atoms with Gasteiger partial charge in [0.2, 0.25) is 10.0 Å². The molecule has 2 fully saturated rings. The Morgan fingerprint density at radius 3 is 2.63 bits per heavy atom. The largest absolute Gasteiger partial charge is 0.381 e. The van der Waals surface area contributed by atoms with E-state index in [1.807, 2.05) is 20.2 Å². The van der Waals surface area contributed by atoms with E-state index in [1.165, 1.54) is 18.2 Å². The minimum atomic E-state index is -4.05. The van der Waals surface area contributed by atoms with Gasteiger partial charge in [0.05, 0.1) is 34.5 Å². The zero-order chi connectivity index (χ0) is 25.0. The Morgan fingerprint density at radius 1 is 1.26 bits per heavy atom. The molecule has 3 aliphatic rings. The number of benzene rings is 1. The number of ether oxygens (including phenoxy) is 1. The van der Waals surface area contributed by atoms with Gasteiger partial charge in [-0.25, -0.2) is 27.8 Å². The molecule has 3 heterocycles. The van der Waals surface area contributed by atoms with Crippen LogP contribution < -0.4 is 21.4 Å². The third-order valence-electron chi connectivity index (χ3n) is 7.09. The molecule has 1 aromatic heterocycles. The standard InChI is InChI=1S/C23H30FN5O5S/c1-15-17(11-27(2)25-15)12-29-21(30)19-9-18(35(32,33)26-23(14-24)6-7-23)3-4-20(19)28(22(29)31)10-16-5-8-34-13-16/h3-4,9,11,15-16,25-26H,5-8,10,12-14H2,1-2H3. The van der Waals surface area contributed by atoms with Gasteiger partial charge in [-0.15, -0.1) is 0 Å². The summed E-state index contributed by atoms with van der Waals surface area (Å²) in [4.78, 5) is 26.9. The van der Waals surface area contributed by atoms with Gasteiger partial charge >= 0.3 is 5.69 Å². The maximum Gasteiger partial charge on any atom is 0.331 e. The minimum absolute atomic E-state index is 0.0648. The van der Waals surface area contributed by atoms with Crippen LogP contribution in [0.3, 0.4) is 0 Å². The molecule has 1 aliphatic carbocycles. The third-order valence-corrected chi connectivity index (χ3v) is 8.66. The average molecular weight is 508 g/mol. The minimum Gasteiger partial charge on any atom is -0.381 e. The summed E-state index contributed by atoms with van der Waals surface area (Å²) in [6, 6.07) is 4.09. The van der Waals surface area contributed by atoms with Crippen LogP contribution in [0.25, 0.3) is 10.9 Å². The fraction of sp³-hybridized carbons (Fsp3) is 0.565. The van der Waals surface area contributed by atoms with Crippen LogP contribution in [0.5, 0.6) is 0 Å². The summed E-state index contributed by atoms with van der Waals surface area (Å²) < 4.78 is 49.9. The van der Waals surface area contributed by atoms with Crippen molar-refractivity contribution in [1.29, 1.82) is 0 Å². The molecule has 5 rings (SSSR count). The van der Waals surface area contributed by atoms with E-state index in [9.17, 15) is 22.4 Å². The first-order valence-corrected chi connectivity index (χ1v) is 13.3. The second-order valence-electron chi connectivity index (χ2n) is 9.88. The van der Waals surface area contributed by atoms with Crippen LogP contribution >= 0.6 is 0 Å². The lowest BCUT2D eigenvalue weighted by Gasteiger charge is -2.19. The highest BCUT2D eigenvalue weighted by Crippen LogP contribution is 2.37. The molecule has 12 heteroatoms. The molecule has 10 nitrogen and oxygen atoms in total. The van der Waals surface area contributed by atoms with Crippen molar-refractivity contribution in [3.63, 3.8) is 0 Å². The number of hydrogen-bond donors (Lipinski definition) is 2. The summed E-state index contributed by atoms with van der Waals surface area (Å²) in [5.41, 5.74) is 2.35. The molecule has 0 radical (unpaired) electrons. The lowest BCUT2D eigenvalue weighted by Crippen LogP contribution is -2.42. The number of alkyl halides is 1. The topological polar surface area (TPSA) is 115 Å². The Bertz CT molecular complexity index is 1410. The van der Waals surface area contributed by atoms with Crippen LogP contribution in [0.15, 0.2) is 44.5 Å². The quantitative estimate of drug-likeness (QED) is 0.541. The molecule has 0 bridgehead atoms. The fourth-order valence-electron chi connectivity index (χ4n) is 4.78. The average Bonchev–Trinajstić information content (AvgIpc) is 3.23. The van der Waals surface area contributed by atoms with Gasteiger partial charge in [0, 0.05) is 38.4 Å².